The molecule has 0 unspecified atom stereocenters. The Kier molecular flexibility index (Phi) is 4.52. The van der Waals surface area contributed by atoms with Crippen molar-refractivity contribution in [1.82, 2.24) is 4.90 Å². The molecule has 7 heteroatoms. The molecule has 1 aliphatic heterocycles. The molecule has 0 spiro atoms. The van der Waals surface area contributed by atoms with Gasteiger partial charge in [0.15, 0.2) is 14.0 Å². The quantitative estimate of drug-likeness (QED) is 0.256. The van der Waals surface area contributed by atoms with E-state index < -0.39 is 13.2 Å². The minimum atomic E-state index is -1.74. The highest BCUT2D eigenvalue weighted by molar-refractivity contribution is 6.74. The second-order valence-electron chi connectivity index (χ2n) is 6.12. The maximum atomic E-state index is 10.7. The fraction of sp³-hybridized carbons (Fsp3) is 0.750. The van der Waals surface area contributed by atoms with Gasteiger partial charge in [0, 0.05) is 12.7 Å². The van der Waals surface area contributed by atoms with Gasteiger partial charge in [-0.05, 0) is 23.1 Å². The minimum absolute atomic E-state index is 0.0765. The van der Waals surface area contributed by atoms with Crippen LogP contribution in [0.3, 0.4) is 0 Å². The van der Waals surface area contributed by atoms with Crippen LogP contribution in [-0.4, -0.2) is 44.2 Å². The normalized spacial score (nSPS) is 16.4. The van der Waals surface area contributed by atoms with Crippen molar-refractivity contribution in [2.24, 2.45) is 4.99 Å². The van der Waals surface area contributed by atoms with Crippen LogP contribution in [0.5, 0.6) is 0 Å². The first-order chi connectivity index (χ1) is 8.60. The third kappa shape index (κ3) is 3.87. The highest BCUT2D eigenvalue weighted by atomic mass is 28.4. The van der Waals surface area contributed by atoms with E-state index in [1.807, 2.05) is 4.90 Å². The van der Waals surface area contributed by atoms with E-state index in [-0.39, 0.29) is 10.9 Å². The smallest absolute Gasteiger partial charge is 0.383 e. The molecule has 19 heavy (non-hydrogen) atoms. The summed E-state index contributed by atoms with van der Waals surface area (Å²) in [4.78, 5) is 15.7. The second kappa shape index (κ2) is 5.42. The number of aliphatic imine (C=N–C) groups is 1. The van der Waals surface area contributed by atoms with Gasteiger partial charge in [-0.25, -0.2) is 0 Å². The standard InChI is InChI=1S/C12H23N3O3Si/c1-12(2,3)19(5,6)18-8-7-14-9-10(14)11(13-4)15(16)17/h9H,7-8H2,1-6H3. The Balaban J connectivity index is 2.38. The van der Waals surface area contributed by atoms with Gasteiger partial charge in [-0.15, -0.1) is 0 Å². The number of hydrogen-bond acceptors (Lipinski definition) is 5. The van der Waals surface area contributed by atoms with Gasteiger partial charge < -0.3 is 19.4 Å². The van der Waals surface area contributed by atoms with E-state index in [9.17, 15) is 10.1 Å². The Bertz CT molecular complexity index is 424. The first kappa shape index (κ1) is 15.8. The monoisotopic (exact) mass is 285 g/mol. The van der Waals surface area contributed by atoms with Gasteiger partial charge in [0.05, 0.1) is 6.61 Å². The van der Waals surface area contributed by atoms with Crippen LogP contribution in [0.15, 0.2) is 16.9 Å². The van der Waals surface area contributed by atoms with Gasteiger partial charge in [0.2, 0.25) is 0 Å². The Morgan fingerprint density at radius 3 is 2.53 bits per heavy atom. The van der Waals surface area contributed by atoms with Gasteiger partial charge in [0.25, 0.3) is 0 Å². The highest BCUT2D eigenvalue weighted by Gasteiger charge is 2.38. The lowest BCUT2D eigenvalue weighted by molar-refractivity contribution is -0.349. The van der Waals surface area contributed by atoms with Crippen LogP contribution in [0.1, 0.15) is 20.8 Å². The fourth-order valence-corrected chi connectivity index (χ4v) is 2.43. The molecule has 0 N–H and O–H groups in total. The molecule has 0 amide bonds. The Morgan fingerprint density at radius 1 is 1.53 bits per heavy atom. The highest BCUT2D eigenvalue weighted by Crippen LogP contribution is 2.36. The average molecular weight is 285 g/mol. The summed E-state index contributed by atoms with van der Waals surface area (Å²) in [7, 11) is -0.305. The minimum Gasteiger partial charge on any atom is -0.415 e. The van der Waals surface area contributed by atoms with Crippen molar-refractivity contribution in [1.29, 1.82) is 0 Å². The first-order valence-electron chi connectivity index (χ1n) is 6.34. The average Bonchev–Trinajstić information content (AvgIpc) is 2.96. The molecule has 0 saturated carbocycles. The largest absolute Gasteiger partial charge is 0.415 e. The SMILES string of the molecule is CN=C(C1=CN1CCO[Si](C)(C)C(C)(C)C)[N+](=O)[O-]. The zero-order valence-corrected chi connectivity index (χ0v) is 13.6. The third-order valence-electron chi connectivity index (χ3n) is 3.73. The van der Waals surface area contributed by atoms with Crippen LogP contribution >= 0.6 is 0 Å². The number of hydrogen-bond donors (Lipinski definition) is 0. The Labute approximate surface area is 115 Å². The lowest BCUT2D eigenvalue weighted by Gasteiger charge is -2.36. The van der Waals surface area contributed by atoms with Crippen molar-refractivity contribution >= 4 is 14.2 Å². The molecule has 0 saturated heterocycles. The predicted octanol–water partition coefficient (Wildman–Crippen LogP) is 2.47. The van der Waals surface area contributed by atoms with E-state index in [1.165, 1.54) is 7.05 Å². The summed E-state index contributed by atoms with van der Waals surface area (Å²) in [6.45, 7) is 12.2. The molecule has 0 fully saturated rings. The molecule has 1 heterocycles. The maximum Gasteiger partial charge on any atom is 0.383 e. The Morgan fingerprint density at radius 2 is 2.11 bits per heavy atom. The predicted molar refractivity (Wildman–Crippen MR) is 78.3 cm³/mol. The van der Waals surface area contributed by atoms with E-state index in [1.54, 1.807) is 6.20 Å². The summed E-state index contributed by atoms with van der Waals surface area (Å²) < 4.78 is 6.02. The second-order valence-corrected chi connectivity index (χ2v) is 10.9. The van der Waals surface area contributed by atoms with E-state index >= 15 is 0 Å². The zero-order valence-electron chi connectivity index (χ0n) is 12.6. The molecular weight excluding hydrogens is 262 g/mol. The molecule has 6 nitrogen and oxygen atoms in total. The summed E-state index contributed by atoms with van der Waals surface area (Å²) in [5.41, 5.74) is 0.589. The van der Waals surface area contributed by atoms with Crippen LogP contribution in [0.25, 0.3) is 0 Å². The van der Waals surface area contributed by atoms with Crippen molar-refractivity contribution in [3.05, 3.63) is 22.0 Å². The van der Waals surface area contributed by atoms with Crippen molar-refractivity contribution in [2.75, 3.05) is 20.2 Å². The summed E-state index contributed by atoms with van der Waals surface area (Å²) in [5, 5.41) is 10.9. The van der Waals surface area contributed by atoms with Crippen molar-refractivity contribution in [3.63, 3.8) is 0 Å². The van der Waals surface area contributed by atoms with Gasteiger partial charge in [-0.1, -0.05) is 25.8 Å². The summed E-state index contributed by atoms with van der Waals surface area (Å²) >= 11 is 0. The zero-order chi connectivity index (χ0) is 14.8. The summed E-state index contributed by atoms with van der Waals surface area (Å²) in [6.07, 6.45) is 1.74. The number of amidine groups is 1. The molecule has 0 bridgehead atoms. The molecule has 108 valence electrons. The topological polar surface area (TPSA) is 67.7 Å². The number of rotatable bonds is 5. The lowest BCUT2D eigenvalue weighted by atomic mass is 10.2. The van der Waals surface area contributed by atoms with Gasteiger partial charge >= 0.3 is 5.84 Å². The summed E-state index contributed by atoms with van der Waals surface area (Å²) in [6, 6.07) is 0. The third-order valence-corrected chi connectivity index (χ3v) is 8.27. The Hall–Kier alpha value is -1.21. The molecule has 1 aliphatic rings. The van der Waals surface area contributed by atoms with Crippen LogP contribution in [-0.2, 0) is 4.43 Å². The number of nitrogens with zero attached hydrogens (tertiary/aromatic N) is 3. The van der Waals surface area contributed by atoms with E-state index in [0.29, 0.717) is 18.8 Å². The summed E-state index contributed by atoms with van der Waals surface area (Å²) in [5.74, 6) is -0.0765. The molecular formula is C12H23N3O3Si. The molecule has 0 aromatic heterocycles. The molecule has 0 aromatic carbocycles. The first-order valence-corrected chi connectivity index (χ1v) is 9.25. The molecule has 0 aliphatic carbocycles. The molecule has 1 rings (SSSR count). The molecule has 0 aromatic rings. The van der Waals surface area contributed by atoms with Crippen molar-refractivity contribution < 1.29 is 9.35 Å². The fourth-order valence-electron chi connectivity index (χ4n) is 1.40. The molecule has 0 atom stereocenters. The van der Waals surface area contributed by atoms with Crippen LogP contribution in [0.2, 0.25) is 18.1 Å². The van der Waals surface area contributed by atoms with Crippen LogP contribution in [0.4, 0.5) is 0 Å². The number of nitro groups is 1. The molecule has 0 radical (unpaired) electrons. The maximum absolute atomic E-state index is 10.7. The van der Waals surface area contributed by atoms with Gasteiger partial charge in [-0.2, -0.15) is 0 Å². The lowest BCUT2D eigenvalue weighted by Crippen LogP contribution is -2.41. The van der Waals surface area contributed by atoms with Crippen molar-refractivity contribution in [2.45, 2.75) is 38.9 Å². The van der Waals surface area contributed by atoms with Crippen molar-refractivity contribution in [3.8, 4) is 0 Å². The van der Waals surface area contributed by atoms with Gasteiger partial charge in [-0.3, -0.25) is 0 Å². The van der Waals surface area contributed by atoms with E-state index in [0.717, 1.165) is 0 Å². The van der Waals surface area contributed by atoms with E-state index in [4.69, 9.17) is 4.43 Å². The van der Waals surface area contributed by atoms with Crippen LogP contribution in [0, 0.1) is 10.1 Å². The van der Waals surface area contributed by atoms with E-state index in [2.05, 4.69) is 38.9 Å². The van der Waals surface area contributed by atoms with Crippen LogP contribution < -0.4 is 0 Å². The van der Waals surface area contributed by atoms with Gasteiger partial charge in [0.1, 0.15) is 7.05 Å².